The van der Waals surface area contributed by atoms with Crippen molar-refractivity contribution in [3.63, 3.8) is 0 Å². The molecule has 4 aromatic carbocycles. The van der Waals surface area contributed by atoms with Crippen molar-refractivity contribution in [3.05, 3.63) is 82.8 Å². The summed E-state index contributed by atoms with van der Waals surface area (Å²) in [5, 5.41) is 2.34. The summed E-state index contributed by atoms with van der Waals surface area (Å²) < 4.78 is 17.8. The Morgan fingerprint density at radius 3 is 2.61 bits per heavy atom. The second-order valence-electron chi connectivity index (χ2n) is 7.22. The van der Waals surface area contributed by atoms with Crippen molar-refractivity contribution in [3.8, 4) is 23.0 Å². The maximum absolute atomic E-state index is 6.05. The zero-order valence-electron chi connectivity index (χ0n) is 16.2. The molecular formula is C25H15BrN2O3. The van der Waals surface area contributed by atoms with E-state index < -0.39 is 0 Å². The highest BCUT2D eigenvalue weighted by molar-refractivity contribution is 9.10. The van der Waals surface area contributed by atoms with Crippen LogP contribution in [-0.2, 0) is 0 Å². The van der Waals surface area contributed by atoms with Crippen LogP contribution in [0.3, 0.4) is 0 Å². The third kappa shape index (κ3) is 3.35. The van der Waals surface area contributed by atoms with Gasteiger partial charge in [0.15, 0.2) is 17.1 Å². The topological polar surface area (TPSA) is 56.9 Å². The quantitative estimate of drug-likeness (QED) is 0.269. The minimum Gasteiger partial charge on any atom is -0.454 e. The number of hydrogen-bond donors (Lipinski definition) is 0. The van der Waals surface area contributed by atoms with E-state index in [2.05, 4.69) is 50.2 Å². The SMILES string of the molecule is Brc1cc2c(cc1C=Nc1ccc3nc(-c4ccc5ccccc5c4)oc3c1)OCO2. The molecule has 0 atom stereocenters. The molecule has 0 spiro atoms. The molecule has 150 valence electrons. The molecule has 31 heavy (non-hydrogen) atoms. The number of aromatic nitrogens is 1. The predicted molar refractivity (Wildman–Crippen MR) is 124 cm³/mol. The Bertz CT molecular complexity index is 1490. The third-order valence-electron chi connectivity index (χ3n) is 5.21. The summed E-state index contributed by atoms with van der Waals surface area (Å²) in [6.45, 7) is 0.240. The first-order valence-corrected chi connectivity index (χ1v) is 10.6. The summed E-state index contributed by atoms with van der Waals surface area (Å²) in [6.07, 6.45) is 1.79. The molecular weight excluding hydrogens is 456 g/mol. The fourth-order valence-corrected chi connectivity index (χ4v) is 4.04. The molecule has 0 saturated carbocycles. The molecule has 5 nitrogen and oxygen atoms in total. The molecule has 1 aliphatic rings. The first kappa shape index (κ1) is 18.2. The Morgan fingerprint density at radius 2 is 1.71 bits per heavy atom. The number of rotatable bonds is 3. The van der Waals surface area contributed by atoms with Crippen LogP contribution in [-0.4, -0.2) is 18.0 Å². The Hall–Kier alpha value is -3.64. The van der Waals surface area contributed by atoms with Crippen LogP contribution >= 0.6 is 15.9 Å². The van der Waals surface area contributed by atoms with E-state index in [1.54, 1.807) is 6.21 Å². The monoisotopic (exact) mass is 470 g/mol. The van der Waals surface area contributed by atoms with E-state index >= 15 is 0 Å². The minimum absolute atomic E-state index is 0.240. The second-order valence-corrected chi connectivity index (χ2v) is 8.07. The highest BCUT2D eigenvalue weighted by Crippen LogP contribution is 2.36. The highest BCUT2D eigenvalue weighted by atomic mass is 79.9. The summed E-state index contributed by atoms with van der Waals surface area (Å²) >= 11 is 3.55. The number of fused-ring (bicyclic) bond motifs is 3. The first-order chi connectivity index (χ1) is 15.2. The van der Waals surface area contributed by atoms with Gasteiger partial charge in [0.25, 0.3) is 0 Å². The maximum Gasteiger partial charge on any atom is 0.231 e. The van der Waals surface area contributed by atoms with E-state index in [1.165, 1.54) is 5.39 Å². The van der Waals surface area contributed by atoms with Crippen LogP contribution < -0.4 is 9.47 Å². The van der Waals surface area contributed by atoms with Gasteiger partial charge in [-0.05, 0) is 63.1 Å². The van der Waals surface area contributed by atoms with Gasteiger partial charge in [0.2, 0.25) is 12.7 Å². The van der Waals surface area contributed by atoms with E-state index in [-0.39, 0.29) is 6.79 Å². The van der Waals surface area contributed by atoms with E-state index in [1.807, 2.05) is 48.5 Å². The highest BCUT2D eigenvalue weighted by Gasteiger charge is 2.15. The van der Waals surface area contributed by atoms with Crippen LogP contribution in [0, 0.1) is 0 Å². The molecule has 0 bridgehead atoms. The number of ether oxygens (including phenoxy) is 2. The summed E-state index contributed by atoms with van der Waals surface area (Å²) in [6, 6.07) is 24.0. The number of aliphatic imine (C=N–C) groups is 1. The van der Waals surface area contributed by atoms with Crippen LogP contribution in [0.15, 0.2) is 86.7 Å². The lowest BCUT2D eigenvalue weighted by molar-refractivity contribution is 0.174. The first-order valence-electron chi connectivity index (χ1n) is 9.76. The average Bonchev–Trinajstić information content (AvgIpc) is 3.43. The fraction of sp³-hybridized carbons (Fsp3) is 0.0400. The molecule has 0 fully saturated rings. The zero-order valence-corrected chi connectivity index (χ0v) is 17.8. The second kappa shape index (κ2) is 7.25. The average molecular weight is 471 g/mol. The van der Waals surface area contributed by atoms with Crippen molar-refractivity contribution in [2.45, 2.75) is 0 Å². The standard InChI is InChI=1S/C25H15BrN2O3/c26-20-12-24-23(29-14-30-24)10-18(20)13-27-19-7-8-21-22(11-19)31-25(28-21)17-6-5-15-3-1-2-4-16(15)9-17/h1-13H,14H2. The Balaban J connectivity index is 1.33. The fourth-order valence-electron chi connectivity index (χ4n) is 3.62. The molecule has 6 heteroatoms. The zero-order chi connectivity index (χ0) is 20.8. The lowest BCUT2D eigenvalue weighted by Crippen LogP contribution is -1.92. The maximum atomic E-state index is 6.05. The van der Waals surface area contributed by atoms with E-state index in [0.29, 0.717) is 11.5 Å². The summed E-state index contributed by atoms with van der Waals surface area (Å²) in [5.41, 5.74) is 4.12. The van der Waals surface area contributed by atoms with Crippen LogP contribution in [0.1, 0.15) is 5.56 Å². The third-order valence-corrected chi connectivity index (χ3v) is 5.90. The van der Waals surface area contributed by atoms with Gasteiger partial charge in [0, 0.05) is 27.9 Å². The molecule has 0 unspecified atom stereocenters. The molecule has 5 aromatic rings. The van der Waals surface area contributed by atoms with Crippen molar-refractivity contribution in [2.24, 2.45) is 4.99 Å². The Kier molecular flexibility index (Phi) is 4.25. The number of nitrogens with zero attached hydrogens (tertiary/aromatic N) is 2. The van der Waals surface area contributed by atoms with Gasteiger partial charge in [0.05, 0.1) is 5.69 Å². The van der Waals surface area contributed by atoms with Gasteiger partial charge in [-0.2, -0.15) is 0 Å². The Labute approximate surface area is 186 Å². The van der Waals surface area contributed by atoms with E-state index in [4.69, 9.17) is 13.9 Å². The molecule has 0 N–H and O–H groups in total. The normalized spacial score (nSPS) is 12.9. The molecule has 0 saturated heterocycles. The summed E-state index contributed by atoms with van der Waals surface area (Å²) in [4.78, 5) is 9.24. The molecule has 0 aliphatic carbocycles. The molecule has 6 rings (SSSR count). The van der Waals surface area contributed by atoms with Gasteiger partial charge in [-0.25, -0.2) is 4.98 Å². The molecule has 1 aromatic heterocycles. The molecule has 1 aliphatic heterocycles. The van der Waals surface area contributed by atoms with Gasteiger partial charge in [0.1, 0.15) is 5.52 Å². The molecule has 0 amide bonds. The van der Waals surface area contributed by atoms with Crippen molar-refractivity contribution >= 4 is 49.7 Å². The lowest BCUT2D eigenvalue weighted by Gasteiger charge is -2.01. The van der Waals surface area contributed by atoms with E-state index in [9.17, 15) is 0 Å². The van der Waals surface area contributed by atoms with Gasteiger partial charge in [-0.1, -0.05) is 30.3 Å². The molecule has 0 radical (unpaired) electrons. The van der Waals surface area contributed by atoms with Gasteiger partial charge in [-0.3, -0.25) is 4.99 Å². The smallest absolute Gasteiger partial charge is 0.231 e. The van der Waals surface area contributed by atoms with Crippen LogP contribution in [0.2, 0.25) is 0 Å². The van der Waals surface area contributed by atoms with Crippen molar-refractivity contribution in [2.75, 3.05) is 6.79 Å². The van der Waals surface area contributed by atoms with Crippen LogP contribution in [0.5, 0.6) is 11.5 Å². The number of hydrogen-bond acceptors (Lipinski definition) is 5. The number of benzene rings is 4. The van der Waals surface area contributed by atoms with Gasteiger partial charge < -0.3 is 13.9 Å². The lowest BCUT2D eigenvalue weighted by atomic mass is 10.1. The number of oxazole rings is 1. The van der Waals surface area contributed by atoms with Crippen molar-refractivity contribution in [1.29, 1.82) is 0 Å². The molecule has 2 heterocycles. The van der Waals surface area contributed by atoms with Crippen molar-refractivity contribution in [1.82, 2.24) is 4.98 Å². The predicted octanol–water partition coefficient (Wildman–Crippen LogP) is 6.89. The summed E-state index contributed by atoms with van der Waals surface area (Å²) in [7, 11) is 0. The number of halogens is 1. The van der Waals surface area contributed by atoms with E-state index in [0.717, 1.165) is 43.7 Å². The van der Waals surface area contributed by atoms with Gasteiger partial charge >= 0.3 is 0 Å². The van der Waals surface area contributed by atoms with Crippen molar-refractivity contribution < 1.29 is 13.9 Å². The Morgan fingerprint density at radius 1 is 0.871 bits per heavy atom. The summed E-state index contributed by atoms with van der Waals surface area (Å²) in [5.74, 6) is 2.05. The van der Waals surface area contributed by atoms with Gasteiger partial charge in [-0.15, -0.1) is 0 Å². The van der Waals surface area contributed by atoms with Crippen LogP contribution in [0.4, 0.5) is 5.69 Å². The van der Waals surface area contributed by atoms with Crippen LogP contribution in [0.25, 0.3) is 33.3 Å². The largest absolute Gasteiger partial charge is 0.454 e. The minimum atomic E-state index is 0.240.